The predicted molar refractivity (Wildman–Crippen MR) is 77.5 cm³/mol. The fourth-order valence-corrected chi connectivity index (χ4v) is 1.66. The second-order valence-electron chi connectivity index (χ2n) is 4.15. The largest absolute Gasteiger partial charge is 0.488 e. The van der Waals surface area contributed by atoms with Crippen molar-refractivity contribution in [3.63, 3.8) is 0 Å². The number of carbonyl (C=O) groups excluding carboxylic acids is 1. The van der Waals surface area contributed by atoms with Crippen molar-refractivity contribution in [3.8, 4) is 5.75 Å². The van der Waals surface area contributed by atoms with E-state index >= 15 is 0 Å². The van der Waals surface area contributed by atoms with Gasteiger partial charge in [0.2, 0.25) is 0 Å². The minimum atomic E-state index is -0.754. The van der Waals surface area contributed by atoms with Crippen LogP contribution in [0.25, 0.3) is 0 Å². The number of hydrogen-bond acceptors (Lipinski definition) is 3. The quantitative estimate of drug-likeness (QED) is 0.654. The number of carbonyl (C=O) groups is 1. The lowest BCUT2D eigenvalue weighted by molar-refractivity contribution is 0.249. The Bertz CT molecular complexity index is 659. The van der Waals surface area contributed by atoms with Crippen molar-refractivity contribution < 1.29 is 13.9 Å². The zero-order valence-electron chi connectivity index (χ0n) is 11.1. The molecule has 2 aromatic rings. The van der Waals surface area contributed by atoms with Gasteiger partial charge in [0.25, 0.3) is 0 Å². The van der Waals surface area contributed by atoms with Gasteiger partial charge in [0.1, 0.15) is 18.2 Å². The fourth-order valence-electron chi connectivity index (χ4n) is 1.66. The Kier molecular flexibility index (Phi) is 4.87. The minimum Gasteiger partial charge on any atom is -0.488 e. The van der Waals surface area contributed by atoms with Gasteiger partial charge in [-0.3, -0.25) is 0 Å². The number of nitrogens with zero attached hydrogens (tertiary/aromatic N) is 1. The monoisotopic (exact) mass is 287 g/mol. The lowest BCUT2D eigenvalue weighted by atomic mass is 10.2. The lowest BCUT2D eigenvalue weighted by Crippen LogP contribution is -2.24. The summed E-state index contributed by atoms with van der Waals surface area (Å²) in [4.78, 5) is 10.5. The van der Waals surface area contributed by atoms with E-state index in [1.165, 1.54) is 12.3 Å². The number of hydrazone groups is 1. The Balaban J connectivity index is 2.08. The van der Waals surface area contributed by atoms with Crippen LogP contribution in [0.1, 0.15) is 11.1 Å². The number of para-hydroxylation sites is 1. The molecule has 0 radical (unpaired) electrons. The minimum absolute atomic E-state index is 0.0980. The number of benzene rings is 2. The third kappa shape index (κ3) is 4.31. The standard InChI is InChI=1S/C15H14FN3O2/c16-13-7-3-1-6-12(13)10-21-14-8-4-2-5-11(14)9-18-19-15(17)20/h1-9H,10H2,(H3,17,19,20)/b18-9-. The summed E-state index contributed by atoms with van der Waals surface area (Å²) in [7, 11) is 0. The number of ether oxygens (including phenoxy) is 1. The van der Waals surface area contributed by atoms with E-state index in [0.717, 1.165) is 0 Å². The van der Waals surface area contributed by atoms with Gasteiger partial charge in [-0.25, -0.2) is 14.6 Å². The maximum atomic E-state index is 13.5. The molecule has 0 saturated carbocycles. The number of nitrogens with two attached hydrogens (primary N) is 1. The predicted octanol–water partition coefficient (Wildman–Crippen LogP) is 2.41. The van der Waals surface area contributed by atoms with E-state index in [2.05, 4.69) is 10.5 Å². The molecular formula is C15H14FN3O2. The number of nitrogens with one attached hydrogen (secondary N) is 1. The summed E-state index contributed by atoms with van der Waals surface area (Å²) in [5.41, 5.74) is 8.11. The summed E-state index contributed by atoms with van der Waals surface area (Å²) in [5, 5.41) is 3.67. The molecule has 0 unspecified atom stereocenters. The summed E-state index contributed by atoms with van der Waals surface area (Å²) < 4.78 is 19.1. The van der Waals surface area contributed by atoms with Crippen LogP contribution in [-0.2, 0) is 6.61 Å². The first kappa shape index (κ1) is 14.5. The summed E-state index contributed by atoms with van der Waals surface area (Å²) in [5.74, 6) is 0.204. The number of rotatable bonds is 5. The zero-order chi connectivity index (χ0) is 15.1. The van der Waals surface area contributed by atoms with Gasteiger partial charge >= 0.3 is 6.03 Å². The highest BCUT2D eigenvalue weighted by Crippen LogP contribution is 2.18. The first-order valence-electron chi connectivity index (χ1n) is 6.20. The summed E-state index contributed by atoms with van der Waals surface area (Å²) in [6.45, 7) is 0.0980. The van der Waals surface area contributed by atoms with E-state index in [9.17, 15) is 9.18 Å². The third-order valence-electron chi connectivity index (χ3n) is 2.64. The fraction of sp³-hybridized carbons (Fsp3) is 0.0667. The molecule has 0 bridgehead atoms. The molecule has 2 aromatic carbocycles. The van der Waals surface area contributed by atoms with Gasteiger partial charge in [0.15, 0.2) is 0 Å². The molecule has 108 valence electrons. The molecule has 21 heavy (non-hydrogen) atoms. The summed E-state index contributed by atoms with van der Waals surface area (Å²) in [6.07, 6.45) is 1.40. The van der Waals surface area contributed by atoms with Gasteiger partial charge in [-0.1, -0.05) is 30.3 Å². The van der Waals surface area contributed by atoms with Crippen LogP contribution in [0.15, 0.2) is 53.6 Å². The van der Waals surface area contributed by atoms with Crippen LogP contribution in [0, 0.1) is 5.82 Å². The van der Waals surface area contributed by atoms with Crippen molar-refractivity contribution in [1.82, 2.24) is 5.43 Å². The summed E-state index contributed by atoms with van der Waals surface area (Å²) >= 11 is 0. The molecule has 0 heterocycles. The molecule has 0 aliphatic carbocycles. The second kappa shape index (κ2) is 7.04. The van der Waals surface area contributed by atoms with Crippen LogP contribution in [0.3, 0.4) is 0 Å². The number of primary amides is 1. The molecule has 3 N–H and O–H groups in total. The van der Waals surface area contributed by atoms with Crippen molar-refractivity contribution in [1.29, 1.82) is 0 Å². The molecule has 6 heteroatoms. The third-order valence-corrected chi connectivity index (χ3v) is 2.64. The van der Waals surface area contributed by atoms with Crippen LogP contribution in [0.5, 0.6) is 5.75 Å². The molecular weight excluding hydrogens is 273 g/mol. The Morgan fingerprint density at radius 3 is 2.71 bits per heavy atom. The molecule has 0 fully saturated rings. The SMILES string of the molecule is NC(=O)N/N=C\c1ccccc1OCc1ccccc1F. The van der Waals surface area contributed by atoms with Gasteiger partial charge in [-0.15, -0.1) is 0 Å². The highest BCUT2D eigenvalue weighted by atomic mass is 19.1. The van der Waals surface area contributed by atoms with Crippen molar-refractivity contribution in [2.45, 2.75) is 6.61 Å². The van der Waals surface area contributed by atoms with Crippen molar-refractivity contribution >= 4 is 12.2 Å². The van der Waals surface area contributed by atoms with Crippen molar-refractivity contribution in [3.05, 3.63) is 65.5 Å². The van der Waals surface area contributed by atoms with E-state index in [-0.39, 0.29) is 12.4 Å². The molecule has 0 aliphatic rings. The van der Waals surface area contributed by atoms with Crippen molar-refractivity contribution in [2.24, 2.45) is 10.8 Å². The molecule has 0 aromatic heterocycles. The summed E-state index contributed by atoms with van der Waals surface area (Å²) in [6, 6.07) is 12.7. The first-order valence-corrected chi connectivity index (χ1v) is 6.20. The zero-order valence-corrected chi connectivity index (χ0v) is 11.1. The Morgan fingerprint density at radius 1 is 1.24 bits per heavy atom. The van der Waals surface area contributed by atoms with Gasteiger partial charge in [0, 0.05) is 11.1 Å². The van der Waals surface area contributed by atoms with E-state index in [0.29, 0.717) is 16.9 Å². The number of halogens is 1. The van der Waals surface area contributed by atoms with Crippen LogP contribution in [-0.4, -0.2) is 12.2 Å². The second-order valence-corrected chi connectivity index (χ2v) is 4.15. The Hall–Kier alpha value is -2.89. The molecule has 0 spiro atoms. The van der Waals surface area contributed by atoms with Crippen LogP contribution >= 0.6 is 0 Å². The lowest BCUT2D eigenvalue weighted by Gasteiger charge is -2.09. The van der Waals surface area contributed by atoms with Gasteiger partial charge in [-0.2, -0.15) is 5.10 Å². The first-order chi connectivity index (χ1) is 10.2. The van der Waals surface area contributed by atoms with Crippen LogP contribution in [0.4, 0.5) is 9.18 Å². The van der Waals surface area contributed by atoms with E-state index in [1.807, 2.05) is 0 Å². The molecule has 0 aliphatic heterocycles. The average Bonchev–Trinajstić information content (AvgIpc) is 2.47. The normalized spacial score (nSPS) is 10.5. The van der Waals surface area contributed by atoms with Gasteiger partial charge in [-0.05, 0) is 18.2 Å². The number of amides is 2. The maximum Gasteiger partial charge on any atom is 0.332 e. The molecule has 0 saturated heterocycles. The van der Waals surface area contributed by atoms with E-state index in [1.54, 1.807) is 42.5 Å². The highest BCUT2D eigenvalue weighted by Gasteiger charge is 2.04. The molecule has 0 atom stereocenters. The van der Waals surface area contributed by atoms with Gasteiger partial charge in [0.05, 0.1) is 6.21 Å². The van der Waals surface area contributed by atoms with E-state index in [4.69, 9.17) is 10.5 Å². The van der Waals surface area contributed by atoms with Crippen LogP contribution < -0.4 is 15.9 Å². The van der Waals surface area contributed by atoms with Gasteiger partial charge < -0.3 is 10.5 Å². The Labute approximate surface area is 121 Å². The molecule has 5 nitrogen and oxygen atoms in total. The van der Waals surface area contributed by atoms with Crippen molar-refractivity contribution in [2.75, 3.05) is 0 Å². The van der Waals surface area contributed by atoms with E-state index < -0.39 is 6.03 Å². The molecule has 2 rings (SSSR count). The average molecular weight is 287 g/mol. The topological polar surface area (TPSA) is 76.7 Å². The highest BCUT2D eigenvalue weighted by molar-refractivity contribution is 5.84. The smallest absolute Gasteiger partial charge is 0.332 e. The number of hydrogen-bond donors (Lipinski definition) is 2. The molecule has 2 amide bonds. The number of urea groups is 1. The Morgan fingerprint density at radius 2 is 1.95 bits per heavy atom. The van der Waals surface area contributed by atoms with Crippen LogP contribution in [0.2, 0.25) is 0 Å². The maximum absolute atomic E-state index is 13.5.